The Morgan fingerprint density at radius 1 is 1.31 bits per heavy atom. The van der Waals surface area contributed by atoms with E-state index in [9.17, 15) is 19.7 Å². The van der Waals surface area contributed by atoms with Crippen LogP contribution in [0.3, 0.4) is 0 Å². The van der Waals surface area contributed by atoms with Gasteiger partial charge in [0.1, 0.15) is 5.69 Å². The Bertz CT molecular complexity index is 819. The number of piperazine rings is 1. The first-order chi connectivity index (χ1) is 13.4. The highest BCUT2D eigenvalue weighted by molar-refractivity contribution is 7.98. The van der Waals surface area contributed by atoms with Crippen LogP contribution in [0.25, 0.3) is 0 Å². The molecule has 1 aromatic rings. The predicted molar refractivity (Wildman–Crippen MR) is 114 cm³/mol. The second kappa shape index (κ2) is 8.71. The van der Waals surface area contributed by atoms with E-state index < -0.39 is 10.9 Å². The summed E-state index contributed by atoms with van der Waals surface area (Å²) in [7, 11) is 1.23. The fraction of sp³-hybridized carbons (Fsp3) is 0.600. The third kappa shape index (κ3) is 4.56. The van der Waals surface area contributed by atoms with Crippen LogP contribution in [-0.2, 0) is 9.53 Å². The van der Waals surface area contributed by atoms with Crippen LogP contribution < -0.4 is 4.90 Å². The molecule has 1 heterocycles. The fourth-order valence-corrected chi connectivity index (χ4v) is 4.34. The molecule has 0 aliphatic carbocycles. The molecule has 29 heavy (non-hydrogen) atoms. The third-order valence-corrected chi connectivity index (χ3v) is 5.88. The highest BCUT2D eigenvalue weighted by atomic mass is 32.2. The Hall–Kier alpha value is -2.13. The lowest BCUT2D eigenvalue weighted by molar-refractivity contribution is -0.384. The number of esters is 1. The number of rotatable bonds is 5. The van der Waals surface area contributed by atoms with E-state index in [1.165, 1.54) is 29.8 Å². The maximum atomic E-state index is 13.4. The molecule has 1 aliphatic heterocycles. The number of benzene rings is 1. The highest BCUT2D eigenvalue weighted by Crippen LogP contribution is 2.38. The molecule has 1 amide bonds. The van der Waals surface area contributed by atoms with Crippen LogP contribution in [-0.4, -0.2) is 59.7 Å². The molecule has 8 nitrogen and oxygen atoms in total. The van der Waals surface area contributed by atoms with Crippen molar-refractivity contribution in [3.05, 3.63) is 27.8 Å². The second-order valence-electron chi connectivity index (χ2n) is 8.33. The number of ether oxygens (including phenoxy) is 1. The number of hydrogen-bond acceptors (Lipinski definition) is 7. The van der Waals surface area contributed by atoms with Gasteiger partial charge in [-0.05, 0) is 39.0 Å². The summed E-state index contributed by atoms with van der Waals surface area (Å²) in [5, 5.41) is 11.8. The molecule has 1 saturated heterocycles. The number of nitro benzene ring substituents is 1. The minimum Gasteiger partial charge on any atom is -0.465 e. The van der Waals surface area contributed by atoms with Gasteiger partial charge in [0, 0.05) is 29.6 Å². The zero-order chi connectivity index (χ0) is 22.1. The first kappa shape index (κ1) is 23.2. The summed E-state index contributed by atoms with van der Waals surface area (Å²) in [5.41, 5.74) is -0.141. The molecule has 0 bridgehead atoms. The Morgan fingerprint density at radius 3 is 2.38 bits per heavy atom. The van der Waals surface area contributed by atoms with Crippen molar-refractivity contribution in [2.24, 2.45) is 5.92 Å². The molecule has 1 aliphatic rings. The topological polar surface area (TPSA) is 93.0 Å². The summed E-state index contributed by atoms with van der Waals surface area (Å²) >= 11 is 1.28. The molecule has 0 N–H and O–H groups in total. The van der Waals surface area contributed by atoms with Gasteiger partial charge in [-0.2, -0.15) is 0 Å². The molecule has 0 spiro atoms. The van der Waals surface area contributed by atoms with Crippen molar-refractivity contribution >= 4 is 35.0 Å². The van der Waals surface area contributed by atoms with Gasteiger partial charge < -0.3 is 9.64 Å². The van der Waals surface area contributed by atoms with E-state index in [2.05, 4.69) is 25.7 Å². The highest BCUT2D eigenvalue weighted by Gasteiger charge is 2.43. The molecule has 0 saturated carbocycles. The number of methoxy groups -OCH3 is 1. The summed E-state index contributed by atoms with van der Waals surface area (Å²) in [6.07, 6.45) is 1.77. The van der Waals surface area contributed by atoms with E-state index in [0.717, 1.165) is 0 Å². The standard InChI is InChI=1S/C20H29N3O5S/c1-12(2)17-18(24)21(8-9-22(17)20(3,4)5)14-11-16(29-7)13(19(25)28-6)10-15(14)23(26)27/h10-12,17H,8-9H2,1-7H3/t17-/m1/s1. The number of thioether (sulfide) groups is 1. The molecule has 1 fully saturated rings. The van der Waals surface area contributed by atoms with Crippen LogP contribution in [0.5, 0.6) is 0 Å². The van der Waals surface area contributed by atoms with E-state index in [-0.39, 0.29) is 40.3 Å². The summed E-state index contributed by atoms with van der Waals surface area (Å²) in [6, 6.07) is 2.37. The lowest BCUT2D eigenvalue weighted by atomic mass is 9.92. The van der Waals surface area contributed by atoms with Crippen molar-refractivity contribution in [2.75, 3.05) is 31.4 Å². The summed E-state index contributed by atoms with van der Waals surface area (Å²) in [5.74, 6) is -0.770. The molecular weight excluding hydrogens is 394 g/mol. The molecule has 160 valence electrons. The van der Waals surface area contributed by atoms with Crippen LogP contribution in [0, 0.1) is 16.0 Å². The maximum Gasteiger partial charge on any atom is 0.339 e. The number of nitro groups is 1. The van der Waals surface area contributed by atoms with Crippen molar-refractivity contribution in [1.29, 1.82) is 0 Å². The van der Waals surface area contributed by atoms with Crippen molar-refractivity contribution in [3.63, 3.8) is 0 Å². The molecule has 1 aromatic carbocycles. The smallest absolute Gasteiger partial charge is 0.339 e. The van der Waals surface area contributed by atoms with Crippen LogP contribution in [0.2, 0.25) is 0 Å². The van der Waals surface area contributed by atoms with Crippen LogP contribution >= 0.6 is 11.8 Å². The molecule has 0 radical (unpaired) electrons. The lowest BCUT2D eigenvalue weighted by Gasteiger charge is -2.48. The lowest BCUT2D eigenvalue weighted by Crippen LogP contribution is -2.64. The molecule has 9 heteroatoms. The van der Waals surface area contributed by atoms with Crippen LogP contribution in [0.1, 0.15) is 45.0 Å². The van der Waals surface area contributed by atoms with E-state index in [1.807, 2.05) is 13.8 Å². The van der Waals surface area contributed by atoms with Crippen molar-refractivity contribution in [3.8, 4) is 0 Å². The number of nitrogens with zero attached hydrogens (tertiary/aromatic N) is 3. The zero-order valence-corrected chi connectivity index (χ0v) is 18.8. The Kier molecular flexibility index (Phi) is 6.95. The van der Waals surface area contributed by atoms with Crippen molar-refractivity contribution in [1.82, 2.24) is 4.90 Å². The average molecular weight is 424 g/mol. The SMILES string of the molecule is COC(=O)c1cc([N+](=O)[O-])c(N2CCN(C(C)(C)C)[C@H](C(C)C)C2=O)cc1SC. The largest absolute Gasteiger partial charge is 0.465 e. The van der Waals surface area contributed by atoms with Crippen molar-refractivity contribution < 1.29 is 19.2 Å². The summed E-state index contributed by atoms with van der Waals surface area (Å²) in [6.45, 7) is 11.1. The average Bonchev–Trinajstić information content (AvgIpc) is 2.64. The Morgan fingerprint density at radius 2 is 1.93 bits per heavy atom. The van der Waals surface area contributed by atoms with Gasteiger partial charge in [-0.1, -0.05) is 13.8 Å². The number of anilines is 1. The molecular formula is C20H29N3O5S. The van der Waals surface area contributed by atoms with Crippen LogP contribution in [0.15, 0.2) is 17.0 Å². The molecule has 2 rings (SSSR count). The quantitative estimate of drug-likeness (QED) is 0.309. The van der Waals surface area contributed by atoms with Gasteiger partial charge in [0.15, 0.2) is 0 Å². The number of amides is 1. The monoisotopic (exact) mass is 423 g/mol. The first-order valence-corrected chi connectivity index (χ1v) is 10.7. The third-order valence-electron chi connectivity index (χ3n) is 5.10. The van der Waals surface area contributed by atoms with Gasteiger partial charge in [-0.3, -0.25) is 19.8 Å². The van der Waals surface area contributed by atoms with Gasteiger partial charge in [0.25, 0.3) is 5.69 Å². The van der Waals surface area contributed by atoms with Gasteiger partial charge >= 0.3 is 5.97 Å². The second-order valence-corrected chi connectivity index (χ2v) is 9.18. The number of carbonyl (C=O) groups excluding carboxylic acids is 2. The molecule has 1 atom stereocenters. The van der Waals surface area contributed by atoms with E-state index in [0.29, 0.717) is 18.0 Å². The van der Waals surface area contributed by atoms with Gasteiger partial charge in [-0.15, -0.1) is 11.8 Å². The summed E-state index contributed by atoms with van der Waals surface area (Å²) in [4.78, 5) is 40.9. The van der Waals surface area contributed by atoms with Crippen molar-refractivity contribution in [2.45, 2.75) is 51.1 Å². The molecule has 0 aromatic heterocycles. The van der Waals surface area contributed by atoms with Gasteiger partial charge in [-0.25, -0.2) is 4.79 Å². The van der Waals surface area contributed by atoms with E-state index >= 15 is 0 Å². The number of carbonyl (C=O) groups is 2. The first-order valence-electron chi connectivity index (χ1n) is 9.46. The zero-order valence-electron chi connectivity index (χ0n) is 18.0. The van der Waals surface area contributed by atoms with Gasteiger partial charge in [0.05, 0.1) is 23.6 Å². The van der Waals surface area contributed by atoms with E-state index in [1.54, 1.807) is 12.3 Å². The minimum atomic E-state index is -0.645. The number of hydrogen-bond donors (Lipinski definition) is 0. The fourth-order valence-electron chi connectivity index (χ4n) is 3.75. The van der Waals surface area contributed by atoms with Crippen LogP contribution in [0.4, 0.5) is 11.4 Å². The minimum absolute atomic E-state index is 0.0398. The predicted octanol–water partition coefficient (Wildman–Crippen LogP) is 3.58. The normalized spacial score (nSPS) is 18.3. The maximum absolute atomic E-state index is 13.4. The Balaban J connectivity index is 2.60. The van der Waals surface area contributed by atoms with Gasteiger partial charge in [0.2, 0.25) is 5.91 Å². The Labute approximate surface area is 175 Å². The molecule has 0 unspecified atom stereocenters. The summed E-state index contributed by atoms with van der Waals surface area (Å²) < 4.78 is 4.76. The van der Waals surface area contributed by atoms with E-state index in [4.69, 9.17) is 4.74 Å².